The molecular formula is C17H30N2O4. The van der Waals surface area contributed by atoms with E-state index in [4.69, 9.17) is 4.74 Å². The summed E-state index contributed by atoms with van der Waals surface area (Å²) in [5.74, 6) is -0.351. The Hall–Kier alpha value is -1.30. The van der Waals surface area contributed by atoms with Crippen LogP contribution in [-0.4, -0.2) is 65.8 Å². The first-order valence-corrected chi connectivity index (χ1v) is 8.56. The van der Waals surface area contributed by atoms with E-state index < -0.39 is 11.6 Å². The molecule has 2 rings (SSSR count). The molecule has 0 aliphatic carbocycles. The molecule has 0 aromatic heterocycles. The first-order valence-electron chi connectivity index (χ1n) is 8.56. The summed E-state index contributed by atoms with van der Waals surface area (Å²) in [5.41, 5.74) is -0.476. The summed E-state index contributed by atoms with van der Waals surface area (Å²) >= 11 is 0. The molecular weight excluding hydrogens is 296 g/mol. The average molecular weight is 326 g/mol. The number of aliphatic carboxylic acids is 1. The van der Waals surface area contributed by atoms with E-state index in [0.717, 1.165) is 25.8 Å². The highest BCUT2D eigenvalue weighted by molar-refractivity contribution is 5.71. The zero-order valence-electron chi connectivity index (χ0n) is 14.7. The molecule has 132 valence electrons. The van der Waals surface area contributed by atoms with Crippen molar-refractivity contribution in [3.05, 3.63) is 0 Å². The van der Waals surface area contributed by atoms with E-state index in [9.17, 15) is 14.7 Å². The Labute approximate surface area is 138 Å². The van der Waals surface area contributed by atoms with Gasteiger partial charge in [-0.15, -0.1) is 0 Å². The smallest absolute Gasteiger partial charge is 0.410 e. The molecule has 2 unspecified atom stereocenters. The minimum atomic E-state index is -0.684. The molecule has 2 fully saturated rings. The Morgan fingerprint density at radius 2 is 1.70 bits per heavy atom. The quantitative estimate of drug-likeness (QED) is 0.843. The maximum absolute atomic E-state index is 12.1. The predicted octanol–water partition coefficient (Wildman–Crippen LogP) is 2.29. The SMILES string of the molecule is CN1CCC(C2CCN(C(=O)OC(C)(C)C)CC2)C(C(=O)O)C1. The minimum absolute atomic E-state index is 0.226. The van der Waals surface area contributed by atoms with Gasteiger partial charge in [-0.05, 0) is 65.5 Å². The van der Waals surface area contributed by atoms with Crippen LogP contribution in [-0.2, 0) is 9.53 Å². The second-order valence-corrected chi connectivity index (χ2v) is 7.96. The van der Waals surface area contributed by atoms with Crippen LogP contribution in [0.1, 0.15) is 40.0 Å². The molecule has 6 heteroatoms. The molecule has 2 aliphatic heterocycles. The zero-order valence-corrected chi connectivity index (χ0v) is 14.7. The largest absolute Gasteiger partial charge is 0.481 e. The summed E-state index contributed by atoms with van der Waals surface area (Å²) in [5, 5.41) is 9.51. The van der Waals surface area contributed by atoms with E-state index in [-0.39, 0.29) is 17.9 Å². The summed E-state index contributed by atoms with van der Waals surface area (Å²) in [6, 6.07) is 0. The first-order chi connectivity index (χ1) is 10.7. The van der Waals surface area contributed by atoms with Crippen molar-refractivity contribution < 1.29 is 19.4 Å². The van der Waals surface area contributed by atoms with Crippen molar-refractivity contribution in [2.24, 2.45) is 17.8 Å². The van der Waals surface area contributed by atoms with Gasteiger partial charge in [0, 0.05) is 19.6 Å². The summed E-state index contributed by atoms with van der Waals surface area (Å²) in [6.07, 6.45) is 2.42. The number of carbonyl (C=O) groups excluding carboxylic acids is 1. The van der Waals surface area contributed by atoms with Crippen molar-refractivity contribution in [1.29, 1.82) is 0 Å². The molecule has 0 saturated carbocycles. The number of carbonyl (C=O) groups is 2. The summed E-state index contributed by atoms with van der Waals surface area (Å²) in [7, 11) is 1.98. The van der Waals surface area contributed by atoms with Crippen molar-refractivity contribution in [2.75, 3.05) is 33.2 Å². The average Bonchev–Trinajstić information content (AvgIpc) is 2.45. The van der Waals surface area contributed by atoms with Crippen LogP contribution in [0, 0.1) is 17.8 Å². The van der Waals surface area contributed by atoms with Gasteiger partial charge in [0.05, 0.1) is 5.92 Å². The predicted molar refractivity (Wildman–Crippen MR) is 87.3 cm³/mol. The fourth-order valence-electron chi connectivity index (χ4n) is 3.80. The van der Waals surface area contributed by atoms with Crippen LogP contribution >= 0.6 is 0 Å². The molecule has 0 aromatic rings. The minimum Gasteiger partial charge on any atom is -0.481 e. The lowest BCUT2D eigenvalue weighted by atomic mass is 9.73. The molecule has 0 bridgehead atoms. The van der Waals surface area contributed by atoms with Gasteiger partial charge in [0.25, 0.3) is 0 Å². The normalized spacial score (nSPS) is 27.7. The maximum Gasteiger partial charge on any atom is 0.410 e. The summed E-state index contributed by atoms with van der Waals surface area (Å²) in [4.78, 5) is 27.5. The lowest BCUT2D eigenvalue weighted by Gasteiger charge is -2.42. The third kappa shape index (κ3) is 4.83. The topological polar surface area (TPSA) is 70.1 Å². The Morgan fingerprint density at radius 3 is 2.22 bits per heavy atom. The third-order valence-corrected chi connectivity index (χ3v) is 4.98. The molecule has 2 saturated heterocycles. The standard InChI is InChI=1S/C17H30N2O4/c1-17(2,3)23-16(22)19-9-5-12(6-10-19)13-7-8-18(4)11-14(13)15(20)21/h12-14H,5-11H2,1-4H3,(H,20,21). The summed E-state index contributed by atoms with van der Waals surface area (Å²) < 4.78 is 5.42. The van der Waals surface area contributed by atoms with Crippen molar-refractivity contribution in [1.82, 2.24) is 9.80 Å². The number of nitrogens with zero attached hydrogens (tertiary/aromatic N) is 2. The molecule has 2 atom stereocenters. The van der Waals surface area contributed by atoms with E-state index in [1.54, 1.807) is 4.90 Å². The van der Waals surface area contributed by atoms with E-state index in [1.807, 2.05) is 27.8 Å². The van der Waals surface area contributed by atoms with Crippen molar-refractivity contribution in [2.45, 2.75) is 45.6 Å². The van der Waals surface area contributed by atoms with Crippen molar-refractivity contribution in [3.8, 4) is 0 Å². The number of carboxylic acids is 1. The van der Waals surface area contributed by atoms with Gasteiger partial charge >= 0.3 is 12.1 Å². The third-order valence-electron chi connectivity index (χ3n) is 4.98. The number of amides is 1. The Balaban J connectivity index is 1.90. The van der Waals surface area contributed by atoms with E-state index in [2.05, 4.69) is 4.90 Å². The number of carboxylic acid groups (broad SMARTS) is 1. The van der Waals surface area contributed by atoms with Crippen LogP contribution in [0.15, 0.2) is 0 Å². The van der Waals surface area contributed by atoms with Gasteiger partial charge in [0.1, 0.15) is 5.60 Å². The van der Waals surface area contributed by atoms with Gasteiger partial charge in [-0.3, -0.25) is 4.79 Å². The molecule has 0 aromatic carbocycles. The lowest BCUT2D eigenvalue weighted by molar-refractivity contribution is -0.147. The maximum atomic E-state index is 12.1. The monoisotopic (exact) mass is 326 g/mol. The van der Waals surface area contributed by atoms with Crippen LogP contribution in [0.25, 0.3) is 0 Å². The highest BCUT2D eigenvalue weighted by Crippen LogP contribution is 2.36. The Kier molecular flexibility index (Phi) is 5.55. The van der Waals surface area contributed by atoms with Crippen molar-refractivity contribution >= 4 is 12.1 Å². The Bertz CT molecular complexity index is 438. The van der Waals surface area contributed by atoms with Crippen molar-refractivity contribution in [3.63, 3.8) is 0 Å². The Morgan fingerprint density at radius 1 is 1.09 bits per heavy atom. The molecule has 0 radical (unpaired) electrons. The van der Waals surface area contributed by atoms with E-state index in [0.29, 0.717) is 25.6 Å². The van der Waals surface area contributed by atoms with Gasteiger partial charge in [0.15, 0.2) is 0 Å². The number of ether oxygens (including phenoxy) is 1. The number of hydrogen-bond acceptors (Lipinski definition) is 4. The number of hydrogen-bond donors (Lipinski definition) is 1. The van der Waals surface area contributed by atoms with Crippen LogP contribution < -0.4 is 0 Å². The number of rotatable bonds is 2. The molecule has 1 amide bonds. The summed E-state index contributed by atoms with van der Waals surface area (Å²) in [6.45, 7) is 8.53. The van der Waals surface area contributed by atoms with Crippen LogP contribution in [0.4, 0.5) is 4.79 Å². The second-order valence-electron chi connectivity index (χ2n) is 7.96. The molecule has 6 nitrogen and oxygen atoms in total. The van der Waals surface area contributed by atoms with Crippen LogP contribution in [0.2, 0.25) is 0 Å². The number of likely N-dealkylation sites (tertiary alicyclic amines) is 2. The first kappa shape index (κ1) is 18.0. The highest BCUT2D eigenvalue weighted by Gasteiger charge is 2.39. The number of piperidine rings is 2. The molecule has 2 aliphatic rings. The fourth-order valence-corrected chi connectivity index (χ4v) is 3.80. The lowest BCUT2D eigenvalue weighted by Crippen LogP contribution is -2.48. The van der Waals surface area contributed by atoms with Crippen LogP contribution in [0.3, 0.4) is 0 Å². The van der Waals surface area contributed by atoms with E-state index in [1.165, 1.54) is 0 Å². The molecule has 0 spiro atoms. The van der Waals surface area contributed by atoms with Gasteiger partial charge < -0.3 is 19.6 Å². The molecule has 23 heavy (non-hydrogen) atoms. The molecule has 2 heterocycles. The second kappa shape index (κ2) is 7.07. The fraction of sp³-hybridized carbons (Fsp3) is 0.882. The van der Waals surface area contributed by atoms with Crippen LogP contribution in [0.5, 0.6) is 0 Å². The van der Waals surface area contributed by atoms with Gasteiger partial charge in [-0.25, -0.2) is 4.79 Å². The van der Waals surface area contributed by atoms with E-state index >= 15 is 0 Å². The zero-order chi connectivity index (χ0) is 17.2. The van der Waals surface area contributed by atoms with Gasteiger partial charge in [-0.2, -0.15) is 0 Å². The van der Waals surface area contributed by atoms with Gasteiger partial charge in [0.2, 0.25) is 0 Å². The van der Waals surface area contributed by atoms with Gasteiger partial charge in [-0.1, -0.05) is 0 Å². The molecule has 1 N–H and O–H groups in total. The highest BCUT2D eigenvalue weighted by atomic mass is 16.6.